The van der Waals surface area contributed by atoms with Gasteiger partial charge in [-0.15, -0.1) is 20.4 Å². The fourth-order valence-electron chi connectivity index (χ4n) is 1.88. The molecule has 12 heteroatoms. The number of nitrogens with zero attached hydrogens (tertiary/aromatic N) is 4. The van der Waals surface area contributed by atoms with Gasteiger partial charge >= 0.3 is 0 Å². The average Bonchev–Trinajstić information content (AvgIpc) is 3.23. The lowest BCUT2D eigenvalue weighted by Gasteiger charge is -1.99. The van der Waals surface area contributed by atoms with Crippen molar-refractivity contribution in [1.29, 1.82) is 0 Å². The minimum atomic E-state index is -3.92. The number of sulfonamides is 1. The van der Waals surface area contributed by atoms with Gasteiger partial charge in [0.25, 0.3) is 10.0 Å². The standard InChI is InChI=1S/C14H14N6O4S2/c1-8-3-5-10(6-4-8)12-18-17-11(24-12)7-15-26(22,23)14-20-19-13(25-14)16-9(2)21/h3-6,15H,7H2,1-2H3,(H,16,19,21). The van der Waals surface area contributed by atoms with Crippen LogP contribution in [-0.2, 0) is 21.4 Å². The molecule has 10 nitrogen and oxygen atoms in total. The predicted molar refractivity (Wildman–Crippen MR) is 92.7 cm³/mol. The van der Waals surface area contributed by atoms with E-state index in [1.165, 1.54) is 6.92 Å². The number of nitrogens with one attached hydrogen (secondary N) is 2. The highest BCUT2D eigenvalue weighted by molar-refractivity contribution is 7.91. The minimum absolute atomic E-state index is 0.0947. The molecule has 0 aliphatic carbocycles. The van der Waals surface area contributed by atoms with Crippen molar-refractivity contribution in [3.63, 3.8) is 0 Å². The molecule has 2 heterocycles. The summed E-state index contributed by atoms with van der Waals surface area (Å²) in [6, 6.07) is 7.48. The Bertz CT molecular complexity index is 1030. The number of hydrogen-bond donors (Lipinski definition) is 2. The van der Waals surface area contributed by atoms with Crippen molar-refractivity contribution >= 4 is 32.4 Å². The number of hydrogen-bond acceptors (Lipinski definition) is 9. The van der Waals surface area contributed by atoms with E-state index in [0.29, 0.717) is 5.89 Å². The number of benzene rings is 1. The van der Waals surface area contributed by atoms with Crippen molar-refractivity contribution in [3.8, 4) is 11.5 Å². The van der Waals surface area contributed by atoms with E-state index in [9.17, 15) is 13.2 Å². The van der Waals surface area contributed by atoms with Crippen LogP contribution in [0.3, 0.4) is 0 Å². The Morgan fingerprint density at radius 2 is 1.88 bits per heavy atom. The summed E-state index contributed by atoms with van der Waals surface area (Å²) in [7, 11) is -3.92. The topological polar surface area (TPSA) is 140 Å². The molecule has 2 N–H and O–H groups in total. The summed E-state index contributed by atoms with van der Waals surface area (Å²) in [6.45, 7) is 3.05. The van der Waals surface area contributed by atoms with Crippen molar-refractivity contribution in [3.05, 3.63) is 35.7 Å². The van der Waals surface area contributed by atoms with E-state index in [-0.39, 0.29) is 27.8 Å². The van der Waals surface area contributed by atoms with E-state index in [0.717, 1.165) is 22.5 Å². The maximum atomic E-state index is 12.2. The summed E-state index contributed by atoms with van der Waals surface area (Å²) in [6.07, 6.45) is 0. The molecule has 2 aromatic heterocycles. The highest BCUT2D eigenvalue weighted by Gasteiger charge is 2.21. The van der Waals surface area contributed by atoms with Gasteiger partial charge in [-0.05, 0) is 19.1 Å². The van der Waals surface area contributed by atoms with Crippen LogP contribution < -0.4 is 10.0 Å². The van der Waals surface area contributed by atoms with Crippen LogP contribution in [-0.4, -0.2) is 34.7 Å². The number of anilines is 1. The third kappa shape index (κ3) is 4.28. The summed E-state index contributed by atoms with van der Waals surface area (Å²) in [5, 5.41) is 17.3. The molecule has 1 amide bonds. The van der Waals surface area contributed by atoms with Gasteiger partial charge < -0.3 is 9.73 Å². The van der Waals surface area contributed by atoms with E-state index in [2.05, 4.69) is 30.4 Å². The van der Waals surface area contributed by atoms with Gasteiger partial charge in [0.05, 0.1) is 6.54 Å². The molecule has 0 spiro atoms. The Morgan fingerprint density at radius 1 is 1.15 bits per heavy atom. The molecule has 3 rings (SSSR count). The zero-order valence-electron chi connectivity index (χ0n) is 13.8. The van der Waals surface area contributed by atoms with Crippen LogP contribution >= 0.6 is 11.3 Å². The first kappa shape index (κ1) is 18.1. The van der Waals surface area contributed by atoms with Crippen LogP contribution in [0.15, 0.2) is 33.0 Å². The van der Waals surface area contributed by atoms with Gasteiger partial charge in [0.1, 0.15) is 0 Å². The molecule has 0 aliphatic rings. The lowest BCUT2D eigenvalue weighted by atomic mass is 10.1. The third-order valence-corrected chi connectivity index (χ3v) is 5.71. The molecule has 0 unspecified atom stereocenters. The van der Waals surface area contributed by atoms with Crippen LogP contribution in [0.5, 0.6) is 0 Å². The maximum absolute atomic E-state index is 12.2. The lowest BCUT2D eigenvalue weighted by molar-refractivity contribution is -0.114. The molecular formula is C14H14N6O4S2. The first-order valence-electron chi connectivity index (χ1n) is 7.34. The van der Waals surface area contributed by atoms with Gasteiger partial charge in [-0.2, -0.15) is 4.72 Å². The second kappa shape index (κ2) is 7.27. The van der Waals surface area contributed by atoms with Crippen molar-refractivity contribution in [1.82, 2.24) is 25.1 Å². The molecule has 0 bridgehead atoms. The number of aryl methyl sites for hydroxylation is 1. The number of amides is 1. The highest BCUT2D eigenvalue weighted by Crippen LogP contribution is 2.21. The largest absolute Gasteiger partial charge is 0.419 e. The molecule has 0 saturated carbocycles. The molecule has 0 fully saturated rings. The van der Waals surface area contributed by atoms with Gasteiger partial charge in [-0.3, -0.25) is 4.79 Å². The molecule has 1 aromatic carbocycles. The Balaban J connectivity index is 1.67. The van der Waals surface area contributed by atoms with E-state index in [4.69, 9.17) is 4.42 Å². The molecule has 0 saturated heterocycles. The predicted octanol–water partition coefficient (Wildman–Crippen LogP) is 1.33. The number of rotatable bonds is 6. The lowest BCUT2D eigenvalue weighted by Crippen LogP contribution is -2.23. The number of carbonyl (C=O) groups excluding carboxylic acids is 1. The van der Waals surface area contributed by atoms with Crippen molar-refractivity contribution in [2.24, 2.45) is 0 Å². The summed E-state index contributed by atoms with van der Waals surface area (Å²) < 4.78 is 31.9. The number of carbonyl (C=O) groups is 1. The molecule has 3 aromatic rings. The zero-order chi connectivity index (χ0) is 18.7. The van der Waals surface area contributed by atoms with Gasteiger partial charge in [0, 0.05) is 12.5 Å². The SMILES string of the molecule is CC(=O)Nc1nnc(S(=O)(=O)NCc2nnc(-c3ccc(C)cc3)o2)s1. The van der Waals surface area contributed by atoms with E-state index >= 15 is 0 Å². The first-order chi connectivity index (χ1) is 12.3. The van der Waals surface area contributed by atoms with Gasteiger partial charge in [0.15, 0.2) is 0 Å². The Morgan fingerprint density at radius 3 is 2.58 bits per heavy atom. The number of aromatic nitrogens is 4. The van der Waals surface area contributed by atoms with Crippen molar-refractivity contribution in [2.45, 2.75) is 24.7 Å². The summed E-state index contributed by atoms with van der Waals surface area (Å²) in [4.78, 5) is 11.0. The molecule has 0 radical (unpaired) electrons. The smallest absolute Gasteiger partial charge is 0.270 e. The Hall–Kier alpha value is -2.70. The van der Waals surface area contributed by atoms with Gasteiger partial charge in [-0.1, -0.05) is 29.0 Å². The quantitative estimate of drug-likeness (QED) is 0.597. The Kier molecular flexibility index (Phi) is 5.06. The van der Waals surface area contributed by atoms with E-state index in [1.807, 2.05) is 31.2 Å². The molecule has 136 valence electrons. The maximum Gasteiger partial charge on any atom is 0.270 e. The fourth-order valence-corrected chi connectivity index (χ4v) is 3.84. The van der Waals surface area contributed by atoms with E-state index in [1.54, 1.807) is 0 Å². The van der Waals surface area contributed by atoms with Crippen molar-refractivity contribution < 1.29 is 17.6 Å². The third-order valence-electron chi connectivity index (χ3n) is 3.10. The molecule has 0 aliphatic heterocycles. The second-order valence-corrected chi connectivity index (χ2v) is 8.16. The second-order valence-electron chi connectivity index (χ2n) is 5.25. The van der Waals surface area contributed by atoms with Crippen LogP contribution in [0.1, 0.15) is 18.4 Å². The van der Waals surface area contributed by atoms with Gasteiger partial charge in [0.2, 0.25) is 27.2 Å². The first-order valence-corrected chi connectivity index (χ1v) is 9.63. The summed E-state index contributed by atoms with van der Waals surface area (Å²) in [5.41, 5.74) is 1.83. The van der Waals surface area contributed by atoms with Crippen LogP contribution in [0.2, 0.25) is 0 Å². The average molecular weight is 394 g/mol. The van der Waals surface area contributed by atoms with Gasteiger partial charge in [-0.25, -0.2) is 8.42 Å². The van der Waals surface area contributed by atoms with E-state index < -0.39 is 10.0 Å². The minimum Gasteiger partial charge on any atom is -0.419 e. The van der Waals surface area contributed by atoms with Crippen LogP contribution in [0.25, 0.3) is 11.5 Å². The monoisotopic (exact) mass is 394 g/mol. The Labute approximate surface area is 152 Å². The summed E-state index contributed by atoms with van der Waals surface area (Å²) in [5.74, 6) is 0.0337. The normalized spacial score (nSPS) is 11.5. The fraction of sp³-hybridized carbons (Fsp3) is 0.214. The van der Waals surface area contributed by atoms with Crippen LogP contribution in [0, 0.1) is 6.92 Å². The summed E-state index contributed by atoms with van der Waals surface area (Å²) >= 11 is 0.735. The van der Waals surface area contributed by atoms with Crippen molar-refractivity contribution in [2.75, 3.05) is 5.32 Å². The molecule has 26 heavy (non-hydrogen) atoms. The molecular weight excluding hydrogens is 380 g/mol. The molecule has 0 atom stereocenters. The zero-order valence-corrected chi connectivity index (χ0v) is 15.4. The highest BCUT2D eigenvalue weighted by atomic mass is 32.2. The van der Waals surface area contributed by atoms with Crippen LogP contribution in [0.4, 0.5) is 5.13 Å².